The standard InChI is InChI=1S/C15H23ClN2/c1-18(15-6-2-5-14(15)17)11-3-4-12-7-9-13(16)10-8-12/h7-10,14-15H,2-6,11,17H2,1H3. The molecule has 1 fully saturated rings. The van der Waals surface area contributed by atoms with Crippen LogP contribution < -0.4 is 5.73 Å². The molecule has 18 heavy (non-hydrogen) atoms. The van der Waals surface area contributed by atoms with E-state index >= 15 is 0 Å². The highest BCUT2D eigenvalue weighted by Gasteiger charge is 2.26. The van der Waals surface area contributed by atoms with Gasteiger partial charge < -0.3 is 10.6 Å². The van der Waals surface area contributed by atoms with Gasteiger partial charge in [-0.3, -0.25) is 0 Å². The maximum Gasteiger partial charge on any atom is 0.0406 e. The Labute approximate surface area is 115 Å². The van der Waals surface area contributed by atoms with Crippen LogP contribution in [0, 0.1) is 0 Å². The number of hydrogen-bond acceptors (Lipinski definition) is 2. The number of nitrogens with zero attached hydrogens (tertiary/aromatic N) is 1. The van der Waals surface area contributed by atoms with Crippen molar-refractivity contribution in [2.45, 2.75) is 44.2 Å². The molecule has 2 rings (SSSR count). The molecule has 1 aliphatic carbocycles. The van der Waals surface area contributed by atoms with Crippen LogP contribution in [-0.2, 0) is 6.42 Å². The minimum absolute atomic E-state index is 0.380. The molecule has 0 heterocycles. The second kappa shape index (κ2) is 6.55. The van der Waals surface area contributed by atoms with Crippen LogP contribution in [0.25, 0.3) is 0 Å². The van der Waals surface area contributed by atoms with Crippen molar-refractivity contribution in [2.75, 3.05) is 13.6 Å². The average Bonchev–Trinajstić information content (AvgIpc) is 2.78. The van der Waals surface area contributed by atoms with E-state index in [2.05, 4.69) is 24.1 Å². The van der Waals surface area contributed by atoms with Crippen LogP contribution in [0.5, 0.6) is 0 Å². The third kappa shape index (κ3) is 3.71. The molecule has 0 aliphatic heterocycles. The second-order valence-corrected chi connectivity index (χ2v) is 5.81. The molecular formula is C15H23ClN2. The largest absolute Gasteiger partial charge is 0.326 e. The summed E-state index contributed by atoms with van der Waals surface area (Å²) in [7, 11) is 2.21. The zero-order valence-corrected chi connectivity index (χ0v) is 11.9. The molecule has 1 aliphatic rings. The number of nitrogens with two attached hydrogens (primary N) is 1. The Morgan fingerprint density at radius 2 is 2.00 bits per heavy atom. The molecule has 0 spiro atoms. The SMILES string of the molecule is CN(CCCc1ccc(Cl)cc1)C1CCCC1N. The summed E-state index contributed by atoms with van der Waals surface area (Å²) in [4.78, 5) is 2.44. The van der Waals surface area contributed by atoms with E-state index in [1.807, 2.05) is 12.1 Å². The highest BCUT2D eigenvalue weighted by atomic mass is 35.5. The number of hydrogen-bond donors (Lipinski definition) is 1. The first-order valence-corrected chi connectivity index (χ1v) is 7.25. The lowest BCUT2D eigenvalue weighted by Crippen LogP contribution is -2.42. The monoisotopic (exact) mass is 266 g/mol. The summed E-state index contributed by atoms with van der Waals surface area (Å²) in [5, 5.41) is 0.813. The Balaban J connectivity index is 1.73. The van der Waals surface area contributed by atoms with Crippen LogP contribution in [-0.4, -0.2) is 30.6 Å². The summed E-state index contributed by atoms with van der Waals surface area (Å²) in [5.41, 5.74) is 7.49. The minimum atomic E-state index is 0.380. The topological polar surface area (TPSA) is 29.3 Å². The number of likely N-dealkylation sites (N-methyl/N-ethyl adjacent to an activating group) is 1. The molecule has 100 valence electrons. The predicted octanol–water partition coefficient (Wildman–Crippen LogP) is 3.08. The smallest absolute Gasteiger partial charge is 0.0406 e. The lowest BCUT2D eigenvalue weighted by atomic mass is 10.1. The maximum absolute atomic E-state index is 6.12. The van der Waals surface area contributed by atoms with Gasteiger partial charge in [-0.25, -0.2) is 0 Å². The van der Waals surface area contributed by atoms with Crippen LogP contribution in [0.4, 0.5) is 0 Å². The third-order valence-corrected chi connectivity index (χ3v) is 4.24. The van der Waals surface area contributed by atoms with Crippen LogP contribution in [0.1, 0.15) is 31.2 Å². The van der Waals surface area contributed by atoms with Crippen molar-refractivity contribution in [1.82, 2.24) is 4.90 Å². The Bertz CT molecular complexity index is 363. The van der Waals surface area contributed by atoms with E-state index in [-0.39, 0.29) is 0 Å². The first-order valence-electron chi connectivity index (χ1n) is 6.87. The van der Waals surface area contributed by atoms with Crippen molar-refractivity contribution in [3.05, 3.63) is 34.9 Å². The van der Waals surface area contributed by atoms with Crippen LogP contribution in [0.3, 0.4) is 0 Å². The highest BCUT2D eigenvalue weighted by Crippen LogP contribution is 2.22. The Morgan fingerprint density at radius 3 is 2.61 bits per heavy atom. The van der Waals surface area contributed by atoms with Gasteiger partial charge in [-0.05, 0) is 57.0 Å². The average molecular weight is 267 g/mol. The molecule has 1 aromatic rings. The summed E-state index contributed by atoms with van der Waals surface area (Å²) in [6, 6.07) is 9.13. The van der Waals surface area contributed by atoms with Gasteiger partial charge in [-0.1, -0.05) is 30.2 Å². The van der Waals surface area contributed by atoms with Crippen molar-refractivity contribution in [3.63, 3.8) is 0 Å². The summed E-state index contributed by atoms with van der Waals surface area (Å²) < 4.78 is 0. The molecule has 0 bridgehead atoms. The van der Waals surface area contributed by atoms with E-state index < -0.39 is 0 Å². The normalized spacial score (nSPS) is 23.8. The molecule has 0 amide bonds. The first-order chi connectivity index (χ1) is 8.66. The fourth-order valence-corrected chi connectivity index (χ4v) is 2.99. The second-order valence-electron chi connectivity index (χ2n) is 5.37. The van der Waals surface area contributed by atoms with E-state index in [0.29, 0.717) is 12.1 Å². The van der Waals surface area contributed by atoms with Gasteiger partial charge in [0, 0.05) is 17.1 Å². The summed E-state index contributed by atoms with van der Waals surface area (Å²) in [5.74, 6) is 0. The van der Waals surface area contributed by atoms with E-state index in [1.165, 1.54) is 31.2 Å². The van der Waals surface area contributed by atoms with E-state index in [1.54, 1.807) is 0 Å². The molecular weight excluding hydrogens is 244 g/mol. The number of aryl methyl sites for hydroxylation is 1. The van der Waals surface area contributed by atoms with Crippen LogP contribution >= 0.6 is 11.6 Å². The maximum atomic E-state index is 6.12. The molecule has 3 heteroatoms. The fourth-order valence-electron chi connectivity index (χ4n) is 2.87. The third-order valence-electron chi connectivity index (χ3n) is 3.99. The Hall–Kier alpha value is -0.570. The van der Waals surface area contributed by atoms with Gasteiger partial charge in [0.1, 0.15) is 0 Å². The molecule has 2 unspecified atom stereocenters. The summed E-state index contributed by atoms with van der Waals surface area (Å²) in [6.45, 7) is 1.13. The van der Waals surface area contributed by atoms with E-state index in [0.717, 1.165) is 18.0 Å². The summed E-state index contributed by atoms with van der Waals surface area (Å²) >= 11 is 5.88. The lowest BCUT2D eigenvalue weighted by molar-refractivity contribution is 0.226. The molecule has 0 aromatic heterocycles. The molecule has 2 N–H and O–H groups in total. The van der Waals surface area contributed by atoms with Crippen molar-refractivity contribution in [2.24, 2.45) is 5.73 Å². The molecule has 2 atom stereocenters. The number of rotatable bonds is 5. The number of benzene rings is 1. The van der Waals surface area contributed by atoms with Crippen molar-refractivity contribution < 1.29 is 0 Å². The molecule has 0 radical (unpaired) electrons. The van der Waals surface area contributed by atoms with Gasteiger partial charge in [-0.15, -0.1) is 0 Å². The molecule has 1 aromatic carbocycles. The van der Waals surface area contributed by atoms with E-state index in [4.69, 9.17) is 17.3 Å². The zero-order chi connectivity index (χ0) is 13.0. The molecule has 0 saturated heterocycles. The Morgan fingerprint density at radius 1 is 1.28 bits per heavy atom. The van der Waals surface area contributed by atoms with Gasteiger partial charge >= 0.3 is 0 Å². The van der Waals surface area contributed by atoms with E-state index in [9.17, 15) is 0 Å². The van der Waals surface area contributed by atoms with Gasteiger partial charge in [-0.2, -0.15) is 0 Å². The zero-order valence-electron chi connectivity index (χ0n) is 11.1. The van der Waals surface area contributed by atoms with Crippen molar-refractivity contribution in [1.29, 1.82) is 0 Å². The van der Waals surface area contributed by atoms with Gasteiger partial charge in [0.2, 0.25) is 0 Å². The van der Waals surface area contributed by atoms with Gasteiger partial charge in [0.15, 0.2) is 0 Å². The molecule has 1 saturated carbocycles. The van der Waals surface area contributed by atoms with Gasteiger partial charge in [0.05, 0.1) is 0 Å². The fraction of sp³-hybridized carbons (Fsp3) is 0.600. The summed E-state index contributed by atoms with van der Waals surface area (Å²) in [6.07, 6.45) is 6.03. The van der Waals surface area contributed by atoms with Gasteiger partial charge in [0.25, 0.3) is 0 Å². The van der Waals surface area contributed by atoms with Crippen molar-refractivity contribution >= 4 is 11.6 Å². The van der Waals surface area contributed by atoms with Crippen LogP contribution in [0.15, 0.2) is 24.3 Å². The van der Waals surface area contributed by atoms with Crippen molar-refractivity contribution in [3.8, 4) is 0 Å². The highest BCUT2D eigenvalue weighted by molar-refractivity contribution is 6.30. The Kier molecular flexibility index (Phi) is 5.04. The minimum Gasteiger partial charge on any atom is -0.326 e. The van der Waals surface area contributed by atoms with Crippen LogP contribution in [0.2, 0.25) is 5.02 Å². The quantitative estimate of drug-likeness (QED) is 0.888. The lowest BCUT2D eigenvalue weighted by Gasteiger charge is -2.27. The first kappa shape index (κ1) is 13.9. The number of halogens is 1. The predicted molar refractivity (Wildman–Crippen MR) is 78.0 cm³/mol. The molecule has 2 nitrogen and oxygen atoms in total.